The van der Waals surface area contributed by atoms with E-state index in [0.29, 0.717) is 12.6 Å². The van der Waals surface area contributed by atoms with E-state index in [4.69, 9.17) is 5.11 Å². The fourth-order valence-corrected chi connectivity index (χ4v) is 2.83. The second-order valence-corrected chi connectivity index (χ2v) is 5.60. The highest BCUT2D eigenvalue weighted by Crippen LogP contribution is 2.22. The van der Waals surface area contributed by atoms with Gasteiger partial charge < -0.3 is 19.9 Å². The molecule has 1 amide bonds. The molecule has 2 rings (SSSR count). The van der Waals surface area contributed by atoms with Crippen molar-refractivity contribution in [3.63, 3.8) is 0 Å². The van der Waals surface area contributed by atoms with Crippen molar-refractivity contribution in [1.29, 1.82) is 0 Å². The highest BCUT2D eigenvalue weighted by Gasteiger charge is 2.24. The minimum Gasteiger partial charge on any atom is -0.395 e. The van der Waals surface area contributed by atoms with Crippen molar-refractivity contribution in [2.75, 3.05) is 26.2 Å². The lowest BCUT2D eigenvalue weighted by Gasteiger charge is -2.29. The Morgan fingerprint density at radius 1 is 1.50 bits per heavy atom. The van der Waals surface area contributed by atoms with Crippen LogP contribution in [-0.4, -0.2) is 52.8 Å². The number of nitrogens with zero attached hydrogens (tertiary/aromatic N) is 2. The Morgan fingerprint density at radius 2 is 2.20 bits per heavy atom. The molecule has 1 aromatic heterocycles. The van der Waals surface area contributed by atoms with Crippen LogP contribution in [0.5, 0.6) is 0 Å². The van der Waals surface area contributed by atoms with Gasteiger partial charge in [0.05, 0.1) is 6.61 Å². The Morgan fingerprint density at radius 3 is 2.80 bits per heavy atom. The molecule has 2 N–H and O–H groups in total. The minimum absolute atomic E-state index is 0.00201. The fraction of sp³-hybridized carbons (Fsp3) is 0.667. The first-order valence-corrected chi connectivity index (χ1v) is 7.44. The van der Waals surface area contributed by atoms with E-state index >= 15 is 0 Å². The Kier molecular flexibility index (Phi) is 5.20. The van der Waals surface area contributed by atoms with E-state index in [1.807, 2.05) is 32.2 Å². The number of hydrogen-bond acceptors (Lipinski definition) is 3. The summed E-state index contributed by atoms with van der Waals surface area (Å²) in [5.41, 5.74) is 0.735. The van der Waals surface area contributed by atoms with Gasteiger partial charge in [-0.15, -0.1) is 0 Å². The normalized spacial score (nSPS) is 16.6. The third-order valence-corrected chi connectivity index (χ3v) is 3.93. The Labute approximate surface area is 120 Å². The number of aliphatic hydroxyl groups is 1. The van der Waals surface area contributed by atoms with Gasteiger partial charge in [0.15, 0.2) is 0 Å². The lowest BCUT2D eigenvalue weighted by molar-refractivity contribution is 0.0650. The molecule has 0 aromatic carbocycles. The molecule has 1 aliphatic heterocycles. The number of aromatic nitrogens is 1. The molecule has 0 bridgehead atoms. The van der Waals surface area contributed by atoms with Crippen molar-refractivity contribution < 1.29 is 9.90 Å². The van der Waals surface area contributed by atoms with Gasteiger partial charge in [0, 0.05) is 24.8 Å². The summed E-state index contributed by atoms with van der Waals surface area (Å²) >= 11 is 0. The topological polar surface area (TPSA) is 57.5 Å². The third kappa shape index (κ3) is 3.22. The zero-order valence-electron chi connectivity index (χ0n) is 12.4. The van der Waals surface area contributed by atoms with Gasteiger partial charge in [-0.1, -0.05) is 0 Å². The number of aliphatic hydroxyl groups excluding tert-OH is 1. The summed E-state index contributed by atoms with van der Waals surface area (Å²) in [7, 11) is 0. The summed E-state index contributed by atoms with van der Waals surface area (Å²) in [6.07, 6.45) is 4.11. The summed E-state index contributed by atoms with van der Waals surface area (Å²) in [6.45, 7) is 6.34. The predicted molar refractivity (Wildman–Crippen MR) is 78.8 cm³/mol. The summed E-state index contributed by atoms with van der Waals surface area (Å²) in [4.78, 5) is 14.4. The summed E-state index contributed by atoms with van der Waals surface area (Å²) in [6, 6.07) is 4.31. The molecular formula is C15H25N3O2. The van der Waals surface area contributed by atoms with Crippen molar-refractivity contribution in [3.05, 3.63) is 24.0 Å². The molecule has 1 aromatic rings. The van der Waals surface area contributed by atoms with E-state index in [1.165, 1.54) is 0 Å². The Hall–Kier alpha value is -1.33. The van der Waals surface area contributed by atoms with Gasteiger partial charge in [-0.05, 0) is 51.9 Å². The van der Waals surface area contributed by atoms with Crippen LogP contribution in [0.15, 0.2) is 18.3 Å². The van der Waals surface area contributed by atoms with Crippen LogP contribution in [0.2, 0.25) is 0 Å². The van der Waals surface area contributed by atoms with Gasteiger partial charge >= 0.3 is 0 Å². The van der Waals surface area contributed by atoms with Crippen LogP contribution in [-0.2, 0) is 0 Å². The van der Waals surface area contributed by atoms with E-state index in [2.05, 4.69) is 9.88 Å². The molecule has 1 saturated heterocycles. The van der Waals surface area contributed by atoms with Gasteiger partial charge in [0.2, 0.25) is 0 Å². The predicted octanol–water partition coefficient (Wildman–Crippen LogP) is 1.26. The quantitative estimate of drug-likeness (QED) is 0.853. The number of rotatable bonds is 5. The van der Waals surface area contributed by atoms with Crippen LogP contribution in [0.25, 0.3) is 0 Å². The van der Waals surface area contributed by atoms with Crippen LogP contribution in [0, 0.1) is 0 Å². The number of carbonyl (C=O) groups is 1. The van der Waals surface area contributed by atoms with Gasteiger partial charge in [-0.3, -0.25) is 4.79 Å². The second-order valence-electron chi connectivity index (χ2n) is 5.60. The number of piperidine rings is 1. The van der Waals surface area contributed by atoms with E-state index < -0.39 is 0 Å². The molecule has 20 heavy (non-hydrogen) atoms. The fourth-order valence-electron chi connectivity index (χ4n) is 2.83. The minimum atomic E-state index is -0.00201. The van der Waals surface area contributed by atoms with Gasteiger partial charge in [0.25, 0.3) is 5.91 Å². The summed E-state index contributed by atoms with van der Waals surface area (Å²) < 4.78 is 2.11. The summed E-state index contributed by atoms with van der Waals surface area (Å²) in [5, 5.41) is 12.5. The number of nitrogens with one attached hydrogen (secondary N) is 1. The molecule has 1 fully saturated rings. The van der Waals surface area contributed by atoms with E-state index in [-0.39, 0.29) is 18.6 Å². The Balaban J connectivity index is 2.19. The molecule has 0 unspecified atom stereocenters. The summed E-state index contributed by atoms with van der Waals surface area (Å²) in [5.74, 6) is 0.0117. The van der Waals surface area contributed by atoms with Gasteiger partial charge in [-0.25, -0.2) is 0 Å². The largest absolute Gasteiger partial charge is 0.395 e. The molecular weight excluding hydrogens is 254 g/mol. The monoisotopic (exact) mass is 279 g/mol. The molecule has 0 aliphatic carbocycles. The van der Waals surface area contributed by atoms with Gasteiger partial charge in [0.1, 0.15) is 5.69 Å². The van der Waals surface area contributed by atoms with Crippen molar-refractivity contribution in [2.45, 2.75) is 38.8 Å². The first-order chi connectivity index (χ1) is 9.65. The van der Waals surface area contributed by atoms with Crippen LogP contribution in [0.1, 0.15) is 43.2 Å². The zero-order chi connectivity index (χ0) is 14.5. The van der Waals surface area contributed by atoms with Crippen LogP contribution in [0.3, 0.4) is 0 Å². The maximum Gasteiger partial charge on any atom is 0.270 e. The first kappa shape index (κ1) is 15.1. The second kappa shape index (κ2) is 6.90. The third-order valence-electron chi connectivity index (χ3n) is 3.93. The maximum atomic E-state index is 12.7. The number of amides is 1. The molecule has 0 saturated carbocycles. The molecule has 0 atom stereocenters. The molecule has 0 radical (unpaired) electrons. The van der Waals surface area contributed by atoms with Gasteiger partial charge in [-0.2, -0.15) is 0 Å². The maximum absolute atomic E-state index is 12.7. The molecule has 5 heteroatoms. The van der Waals surface area contributed by atoms with Crippen molar-refractivity contribution in [3.8, 4) is 0 Å². The molecule has 0 spiro atoms. The van der Waals surface area contributed by atoms with E-state index in [1.54, 1.807) is 4.90 Å². The van der Waals surface area contributed by atoms with Crippen LogP contribution in [0.4, 0.5) is 0 Å². The first-order valence-electron chi connectivity index (χ1n) is 7.44. The van der Waals surface area contributed by atoms with Crippen molar-refractivity contribution in [1.82, 2.24) is 14.8 Å². The number of hydrogen-bond donors (Lipinski definition) is 2. The van der Waals surface area contributed by atoms with Crippen molar-refractivity contribution >= 4 is 5.91 Å². The number of carbonyl (C=O) groups excluding carboxylic acids is 1. The zero-order valence-corrected chi connectivity index (χ0v) is 12.4. The van der Waals surface area contributed by atoms with E-state index in [9.17, 15) is 4.79 Å². The smallest absolute Gasteiger partial charge is 0.270 e. The van der Waals surface area contributed by atoms with Crippen molar-refractivity contribution in [2.24, 2.45) is 0 Å². The standard InChI is InChI=1S/C15H25N3O2/c1-12(2)17(10-11-19)15(20)14-4-3-9-18(14)13-5-7-16-8-6-13/h3-4,9,12-13,16,19H,5-8,10-11H2,1-2H3. The highest BCUT2D eigenvalue weighted by molar-refractivity contribution is 5.93. The molecule has 112 valence electrons. The van der Waals surface area contributed by atoms with Crippen LogP contribution < -0.4 is 5.32 Å². The lowest BCUT2D eigenvalue weighted by Crippen LogP contribution is -2.40. The molecule has 1 aliphatic rings. The average Bonchev–Trinajstić information content (AvgIpc) is 2.94. The Bertz CT molecular complexity index is 436. The van der Waals surface area contributed by atoms with Crippen LogP contribution >= 0.6 is 0 Å². The molecule has 2 heterocycles. The lowest BCUT2D eigenvalue weighted by atomic mass is 10.1. The van der Waals surface area contributed by atoms with E-state index in [0.717, 1.165) is 31.6 Å². The molecule has 5 nitrogen and oxygen atoms in total. The average molecular weight is 279 g/mol. The highest BCUT2D eigenvalue weighted by atomic mass is 16.3. The SMILES string of the molecule is CC(C)N(CCO)C(=O)c1cccn1C1CCNCC1.